The summed E-state index contributed by atoms with van der Waals surface area (Å²) in [5, 5.41) is 3.44. The van der Waals surface area contributed by atoms with Crippen molar-refractivity contribution in [2.75, 3.05) is 11.1 Å². The van der Waals surface area contributed by atoms with Crippen LogP contribution in [0.2, 0.25) is 5.28 Å². The molecule has 0 bridgehead atoms. The Morgan fingerprint density at radius 3 is 2.76 bits per heavy atom. The van der Waals surface area contributed by atoms with Crippen LogP contribution in [0.15, 0.2) is 0 Å². The molecule has 0 spiro atoms. The van der Waals surface area contributed by atoms with Crippen molar-refractivity contribution >= 4 is 23.5 Å². The number of nitrogens with one attached hydrogen (secondary N) is 1. The first-order valence-corrected chi connectivity index (χ1v) is 6.45. The average molecular weight is 256 g/mol. The first kappa shape index (κ1) is 12.4. The highest BCUT2D eigenvalue weighted by molar-refractivity contribution is 6.28. The number of halogens is 1. The van der Waals surface area contributed by atoms with Gasteiger partial charge in [-0.25, -0.2) is 0 Å². The van der Waals surface area contributed by atoms with Gasteiger partial charge in [0, 0.05) is 6.04 Å². The van der Waals surface area contributed by atoms with Crippen molar-refractivity contribution in [2.45, 2.75) is 45.1 Å². The van der Waals surface area contributed by atoms with Crippen molar-refractivity contribution in [1.82, 2.24) is 15.0 Å². The van der Waals surface area contributed by atoms with Gasteiger partial charge >= 0.3 is 0 Å². The Hall–Kier alpha value is -1.10. The summed E-state index contributed by atoms with van der Waals surface area (Å²) < 4.78 is 0. The Kier molecular flexibility index (Phi) is 3.99. The molecule has 1 saturated carbocycles. The molecule has 0 radical (unpaired) electrons. The molecule has 1 heterocycles. The summed E-state index contributed by atoms with van der Waals surface area (Å²) >= 11 is 5.74. The third-order valence-electron chi connectivity index (χ3n) is 3.22. The largest absolute Gasteiger partial charge is 0.368 e. The summed E-state index contributed by atoms with van der Waals surface area (Å²) in [5.41, 5.74) is 5.53. The van der Waals surface area contributed by atoms with Crippen molar-refractivity contribution in [1.29, 1.82) is 0 Å². The van der Waals surface area contributed by atoms with Crippen molar-refractivity contribution in [3.05, 3.63) is 5.28 Å². The molecular formula is C11H18ClN5. The molecule has 3 N–H and O–H groups in total. The minimum Gasteiger partial charge on any atom is -0.368 e. The standard InChI is InChI=1S/C11H18ClN5/c1-7-3-2-4-8(6-5-7)14-11-16-9(12)15-10(13)17-11/h7-8H,2-6H2,1H3,(H3,13,14,15,16,17). The third kappa shape index (κ3) is 3.70. The Balaban J connectivity index is 1.99. The zero-order valence-electron chi connectivity index (χ0n) is 9.99. The van der Waals surface area contributed by atoms with Gasteiger partial charge in [-0.2, -0.15) is 15.0 Å². The molecule has 94 valence electrons. The number of anilines is 2. The predicted molar refractivity (Wildman–Crippen MR) is 68.9 cm³/mol. The van der Waals surface area contributed by atoms with Gasteiger partial charge in [-0.05, 0) is 36.8 Å². The van der Waals surface area contributed by atoms with Crippen LogP contribution in [0.25, 0.3) is 0 Å². The maximum absolute atomic E-state index is 5.74. The van der Waals surface area contributed by atoms with E-state index in [1.54, 1.807) is 0 Å². The van der Waals surface area contributed by atoms with Gasteiger partial charge < -0.3 is 11.1 Å². The lowest BCUT2D eigenvalue weighted by Gasteiger charge is -2.16. The molecule has 6 heteroatoms. The second-order valence-electron chi connectivity index (χ2n) is 4.74. The molecule has 1 aromatic heterocycles. The van der Waals surface area contributed by atoms with E-state index in [4.69, 9.17) is 17.3 Å². The molecule has 1 fully saturated rings. The fourth-order valence-electron chi connectivity index (χ4n) is 2.24. The molecule has 5 nitrogen and oxygen atoms in total. The van der Waals surface area contributed by atoms with Crippen LogP contribution in [0.1, 0.15) is 39.0 Å². The summed E-state index contributed by atoms with van der Waals surface area (Å²) in [4.78, 5) is 11.8. The van der Waals surface area contributed by atoms with Gasteiger partial charge in [0.25, 0.3) is 0 Å². The van der Waals surface area contributed by atoms with E-state index in [2.05, 4.69) is 27.2 Å². The van der Waals surface area contributed by atoms with Gasteiger partial charge in [0.15, 0.2) is 0 Å². The number of hydrogen-bond donors (Lipinski definition) is 2. The normalized spacial score (nSPS) is 25.3. The number of aromatic nitrogens is 3. The van der Waals surface area contributed by atoms with Crippen molar-refractivity contribution in [3.8, 4) is 0 Å². The van der Waals surface area contributed by atoms with E-state index in [1.807, 2.05) is 0 Å². The highest BCUT2D eigenvalue weighted by Gasteiger charge is 2.17. The SMILES string of the molecule is CC1CCCC(Nc2nc(N)nc(Cl)n2)CC1. The Labute approximate surface area is 106 Å². The van der Waals surface area contributed by atoms with Crippen molar-refractivity contribution in [3.63, 3.8) is 0 Å². The maximum Gasteiger partial charge on any atom is 0.229 e. The van der Waals surface area contributed by atoms with Gasteiger partial charge in [-0.3, -0.25) is 0 Å². The number of nitrogen functional groups attached to an aromatic ring is 1. The predicted octanol–water partition coefficient (Wildman–Crippen LogP) is 2.49. The van der Waals surface area contributed by atoms with E-state index >= 15 is 0 Å². The van der Waals surface area contributed by atoms with Crippen LogP contribution in [0.4, 0.5) is 11.9 Å². The zero-order chi connectivity index (χ0) is 12.3. The molecule has 0 aromatic carbocycles. The van der Waals surface area contributed by atoms with Gasteiger partial charge in [0.2, 0.25) is 17.2 Å². The fraction of sp³-hybridized carbons (Fsp3) is 0.727. The Bertz CT molecular complexity index is 364. The maximum atomic E-state index is 5.74. The van der Waals surface area contributed by atoms with Crippen molar-refractivity contribution in [2.24, 2.45) is 5.92 Å². The second kappa shape index (κ2) is 5.49. The number of hydrogen-bond acceptors (Lipinski definition) is 5. The summed E-state index contributed by atoms with van der Waals surface area (Å²) in [7, 11) is 0. The lowest BCUT2D eigenvalue weighted by atomic mass is 10.0. The van der Waals surface area contributed by atoms with E-state index in [-0.39, 0.29) is 11.2 Å². The average Bonchev–Trinajstić information content (AvgIpc) is 2.42. The van der Waals surface area contributed by atoms with Crippen LogP contribution in [0.5, 0.6) is 0 Å². The zero-order valence-corrected chi connectivity index (χ0v) is 10.7. The Morgan fingerprint density at radius 1 is 1.18 bits per heavy atom. The second-order valence-corrected chi connectivity index (χ2v) is 5.08. The lowest BCUT2D eigenvalue weighted by Crippen LogP contribution is -2.20. The molecule has 2 unspecified atom stereocenters. The van der Waals surface area contributed by atoms with Crippen LogP contribution in [0.3, 0.4) is 0 Å². The van der Waals surface area contributed by atoms with Crippen LogP contribution < -0.4 is 11.1 Å². The molecule has 0 aliphatic heterocycles. The molecule has 1 aromatic rings. The Morgan fingerprint density at radius 2 is 2.00 bits per heavy atom. The molecule has 2 rings (SSSR count). The molecule has 1 aliphatic rings. The monoisotopic (exact) mass is 255 g/mol. The van der Waals surface area contributed by atoms with Crippen LogP contribution >= 0.6 is 11.6 Å². The molecular weight excluding hydrogens is 238 g/mol. The van der Waals surface area contributed by atoms with E-state index in [0.29, 0.717) is 12.0 Å². The van der Waals surface area contributed by atoms with Crippen LogP contribution in [0, 0.1) is 5.92 Å². The molecule has 0 saturated heterocycles. The fourth-order valence-corrected chi connectivity index (χ4v) is 2.41. The molecule has 0 amide bonds. The van der Waals surface area contributed by atoms with Crippen LogP contribution in [-0.4, -0.2) is 21.0 Å². The topological polar surface area (TPSA) is 76.7 Å². The van der Waals surface area contributed by atoms with Gasteiger partial charge in [0.05, 0.1) is 0 Å². The number of nitrogens with zero attached hydrogens (tertiary/aromatic N) is 3. The molecule has 2 atom stereocenters. The first-order valence-electron chi connectivity index (χ1n) is 6.07. The summed E-state index contributed by atoms with van der Waals surface area (Å²) in [6, 6.07) is 0.415. The quantitative estimate of drug-likeness (QED) is 0.794. The van der Waals surface area contributed by atoms with Gasteiger partial charge in [-0.1, -0.05) is 19.8 Å². The number of nitrogens with two attached hydrogens (primary N) is 1. The highest BCUT2D eigenvalue weighted by atomic mass is 35.5. The van der Waals surface area contributed by atoms with E-state index in [1.165, 1.54) is 19.3 Å². The van der Waals surface area contributed by atoms with Crippen LogP contribution in [-0.2, 0) is 0 Å². The summed E-state index contributed by atoms with van der Waals surface area (Å²) in [5.74, 6) is 1.46. The molecule has 1 aliphatic carbocycles. The van der Waals surface area contributed by atoms with E-state index in [0.717, 1.165) is 18.8 Å². The van der Waals surface area contributed by atoms with E-state index < -0.39 is 0 Å². The van der Waals surface area contributed by atoms with E-state index in [9.17, 15) is 0 Å². The van der Waals surface area contributed by atoms with Gasteiger partial charge in [0.1, 0.15) is 0 Å². The molecule has 17 heavy (non-hydrogen) atoms. The summed E-state index contributed by atoms with van der Waals surface area (Å²) in [6.07, 6.45) is 6.08. The first-order chi connectivity index (χ1) is 8.13. The highest BCUT2D eigenvalue weighted by Crippen LogP contribution is 2.24. The third-order valence-corrected chi connectivity index (χ3v) is 3.39. The minimum atomic E-state index is 0.141. The lowest BCUT2D eigenvalue weighted by molar-refractivity contribution is 0.501. The van der Waals surface area contributed by atoms with Gasteiger partial charge in [-0.15, -0.1) is 0 Å². The number of rotatable bonds is 2. The smallest absolute Gasteiger partial charge is 0.229 e. The van der Waals surface area contributed by atoms with Crippen molar-refractivity contribution < 1.29 is 0 Å². The summed E-state index contributed by atoms with van der Waals surface area (Å²) in [6.45, 7) is 2.31. The minimum absolute atomic E-state index is 0.141.